The maximum Gasteiger partial charge on any atom is 0.266 e. The van der Waals surface area contributed by atoms with Crippen LogP contribution in [0.5, 0.6) is 0 Å². The van der Waals surface area contributed by atoms with Gasteiger partial charge in [-0.15, -0.1) is 0 Å². The molecule has 2 heterocycles. The molecule has 1 amide bonds. The summed E-state index contributed by atoms with van der Waals surface area (Å²) in [5.41, 5.74) is 0.475. The van der Waals surface area contributed by atoms with Crippen molar-refractivity contribution >= 4 is 46.3 Å². The largest absolute Gasteiger partial charge is 0.545 e. The molecule has 1 aromatic heterocycles. The summed E-state index contributed by atoms with van der Waals surface area (Å²) < 4.78 is 6.13. The van der Waals surface area contributed by atoms with Gasteiger partial charge in [0.25, 0.3) is 5.91 Å². The van der Waals surface area contributed by atoms with Gasteiger partial charge >= 0.3 is 0 Å². The third-order valence-electron chi connectivity index (χ3n) is 3.30. The van der Waals surface area contributed by atoms with Crippen molar-refractivity contribution in [2.24, 2.45) is 0 Å². The fraction of sp³-hybridized carbons (Fsp3) is 0.0625. The van der Waals surface area contributed by atoms with Gasteiger partial charge in [0.05, 0.1) is 10.9 Å². The Labute approximate surface area is 141 Å². The predicted octanol–water partition coefficient (Wildman–Crippen LogP) is 2.14. The summed E-state index contributed by atoms with van der Waals surface area (Å²) in [4.78, 5) is 25.0. The number of furan rings is 1. The quantitative estimate of drug-likeness (QED) is 0.627. The van der Waals surface area contributed by atoms with Crippen molar-refractivity contribution < 1.29 is 19.1 Å². The molecule has 23 heavy (non-hydrogen) atoms. The van der Waals surface area contributed by atoms with Crippen LogP contribution >= 0.6 is 24.0 Å². The Bertz CT molecular complexity index is 853. The van der Waals surface area contributed by atoms with E-state index in [0.717, 1.165) is 0 Å². The first-order valence-electron chi connectivity index (χ1n) is 6.59. The lowest BCUT2D eigenvalue weighted by Gasteiger charge is -2.07. The molecule has 0 saturated carbocycles. The zero-order chi connectivity index (χ0) is 16.6. The molecule has 7 heteroatoms. The number of rotatable bonds is 3. The number of carbonyl (C=O) groups is 2. The monoisotopic (exact) mass is 344 g/mol. The minimum absolute atomic E-state index is 0.0493. The Hall–Kier alpha value is -2.38. The number of thioether (sulfide) groups is 1. The Morgan fingerprint density at radius 3 is 2.70 bits per heavy atom. The van der Waals surface area contributed by atoms with E-state index in [0.29, 0.717) is 26.3 Å². The predicted molar refractivity (Wildman–Crippen MR) is 89.4 cm³/mol. The van der Waals surface area contributed by atoms with E-state index in [2.05, 4.69) is 0 Å². The molecule has 0 N–H and O–H groups in total. The van der Waals surface area contributed by atoms with Crippen LogP contribution in [0, 0.1) is 0 Å². The molecular weight excluding hydrogens is 334 g/mol. The molecule has 1 aromatic carbocycles. The number of hydrogen-bond acceptors (Lipinski definition) is 6. The van der Waals surface area contributed by atoms with E-state index in [1.54, 1.807) is 43.5 Å². The number of nitrogens with zero attached hydrogens (tertiary/aromatic N) is 1. The zero-order valence-corrected chi connectivity index (χ0v) is 13.6. The van der Waals surface area contributed by atoms with Gasteiger partial charge in [0, 0.05) is 24.3 Å². The van der Waals surface area contributed by atoms with E-state index in [1.165, 1.54) is 22.7 Å². The van der Waals surface area contributed by atoms with Crippen LogP contribution in [0.15, 0.2) is 45.7 Å². The number of hydrogen-bond donors (Lipinski definition) is 0. The lowest BCUT2D eigenvalue weighted by Crippen LogP contribution is -2.22. The van der Waals surface area contributed by atoms with Crippen molar-refractivity contribution in [3.63, 3.8) is 0 Å². The molecule has 1 saturated heterocycles. The second kappa shape index (κ2) is 6.02. The summed E-state index contributed by atoms with van der Waals surface area (Å²) in [6, 6.07) is 9.75. The first-order valence-corrected chi connectivity index (χ1v) is 7.82. The molecule has 0 unspecified atom stereocenters. The molecular formula is C16H10NO4S2-. The van der Waals surface area contributed by atoms with Gasteiger partial charge in [0.15, 0.2) is 0 Å². The molecule has 0 aliphatic carbocycles. The Balaban J connectivity index is 1.95. The van der Waals surface area contributed by atoms with Crippen molar-refractivity contribution in [2.75, 3.05) is 7.05 Å². The average molecular weight is 344 g/mol. The highest BCUT2D eigenvalue weighted by Gasteiger charge is 2.29. The number of thiocarbonyl (C=S) groups is 1. The smallest absolute Gasteiger partial charge is 0.266 e. The molecule has 5 nitrogen and oxygen atoms in total. The fourth-order valence-corrected chi connectivity index (χ4v) is 3.29. The van der Waals surface area contributed by atoms with Crippen LogP contribution < -0.4 is 5.11 Å². The van der Waals surface area contributed by atoms with Gasteiger partial charge in [-0.2, -0.15) is 0 Å². The number of aromatic carboxylic acids is 1. The topological polar surface area (TPSA) is 73.6 Å². The average Bonchev–Trinajstić information content (AvgIpc) is 3.09. The van der Waals surface area contributed by atoms with E-state index in [-0.39, 0.29) is 11.5 Å². The lowest BCUT2D eigenvalue weighted by atomic mass is 10.1. The number of amides is 1. The molecule has 1 aliphatic heterocycles. The van der Waals surface area contributed by atoms with Crippen molar-refractivity contribution in [3.05, 3.63) is 52.6 Å². The van der Waals surface area contributed by atoms with Gasteiger partial charge in [-0.3, -0.25) is 9.69 Å². The number of likely N-dealkylation sites (N-methyl/N-ethyl adjacent to an activating group) is 1. The van der Waals surface area contributed by atoms with Gasteiger partial charge < -0.3 is 14.3 Å². The van der Waals surface area contributed by atoms with E-state index in [1.807, 2.05) is 0 Å². The fourth-order valence-electron chi connectivity index (χ4n) is 2.13. The highest BCUT2D eigenvalue weighted by molar-refractivity contribution is 8.26. The standard InChI is InChI=1S/C16H11NO4S2/c1-17-14(18)13(23-16(17)22)8-9-6-7-12(21-9)10-4-2-3-5-11(10)15(19)20/h2-8H,1H3,(H,19,20)/p-1. The molecule has 1 fully saturated rings. The van der Waals surface area contributed by atoms with Gasteiger partial charge in [-0.1, -0.05) is 48.2 Å². The van der Waals surface area contributed by atoms with Crippen LogP contribution in [0.2, 0.25) is 0 Å². The first kappa shape index (κ1) is 15.5. The molecule has 116 valence electrons. The molecule has 2 aromatic rings. The van der Waals surface area contributed by atoms with Gasteiger partial charge in [-0.05, 0) is 12.1 Å². The van der Waals surface area contributed by atoms with E-state index < -0.39 is 5.97 Å². The third kappa shape index (κ3) is 2.93. The Kier molecular flexibility index (Phi) is 4.06. The molecule has 0 radical (unpaired) electrons. The highest BCUT2D eigenvalue weighted by atomic mass is 32.2. The third-order valence-corrected chi connectivity index (χ3v) is 4.78. The first-order chi connectivity index (χ1) is 11.0. The summed E-state index contributed by atoms with van der Waals surface area (Å²) >= 11 is 6.26. The van der Waals surface area contributed by atoms with Crippen LogP contribution in [0.4, 0.5) is 0 Å². The van der Waals surface area contributed by atoms with Crippen molar-refractivity contribution in [1.82, 2.24) is 4.90 Å². The SMILES string of the molecule is CN1C(=O)C(=Cc2ccc(-c3ccccc3C(=O)[O-])o2)SC1=S. The second-order valence-electron chi connectivity index (χ2n) is 4.78. The maximum atomic E-state index is 12.0. The zero-order valence-electron chi connectivity index (χ0n) is 11.9. The van der Waals surface area contributed by atoms with Crippen LogP contribution in [0.25, 0.3) is 17.4 Å². The molecule has 1 aliphatic rings. The summed E-state index contributed by atoms with van der Waals surface area (Å²) in [6.07, 6.45) is 1.59. The van der Waals surface area contributed by atoms with E-state index in [9.17, 15) is 14.7 Å². The minimum atomic E-state index is -1.27. The minimum Gasteiger partial charge on any atom is -0.545 e. The van der Waals surface area contributed by atoms with Crippen LogP contribution in [-0.4, -0.2) is 28.1 Å². The summed E-state index contributed by atoms with van der Waals surface area (Å²) in [7, 11) is 1.61. The molecule has 3 rings (SSSR count). The van der Waals surface area contributed by atoms with Gasteiger partial charge in [-0.25, -0.2) is 0 Å². The molecule has 0 spiro atoms. The van der Waals surface area contributed by atoms with Crippen molar-refractivity contribution in [1.29, 1.82) is 0 Å². The lowest BCUT2D eigenvalue weighted by molar-refractivity contribution is -0.254. The highest BCUT2D eigenvalue weighted by Crippen LogP contribution is 2.33. The Morgan fingerprint density at radius 1 is 1.30 bits per heavy atom. The van der Waals surface area contributed by atoms with Crippen molar-refractivity contribution in [2.45, 2.75) is 0 Å². The maximum absolute atomic E-state index is 12.0. The number of carbonyl (C=O) groups excluding carboxylic acids is 2. The number of benzene rings is 1. The second-order valence-corrected chi connectivity index (χ2v) is 6.45. The Morgan fingerprint density at radius 2 is 2.04 bits per heavy atom. The summed E-state index contributed by atoms with van der Waals surface area (Å²) in [5.74, 6) is -0.622. The van der Waals surface area contributed by atoms with E-state index in [4.69, 9.17) is 16.6 Å². The molecule has 0 bridgehead atoms. The van der Waals surface area contributed by atoms with Crippen molar-refractivity contribution in [3.8, 4) is 11.3 Å². The summed E-state index contributed by atoms with van der Waals surface area (Å²) in [5, 5.41) is 11.2. The van der Waals surface area contributed by atoms with Gasteiger partial charge in [0.1, 0.15) is 15.8 Å². The van der Waals surface area contributed by atoms with Crippen LogP contribution in [-0.2, 0) is 4.79 Å². The number of carboxylic acids is 1. The van der Waals surface area contributed by atoms with Crippen LogP contribution in [0.1, 0.15) is 16.1 Å². The summed E-state index contributed by atoms with van der Waals surface area (Å²) in [6.45, 7) is 0. The van der Waals surface area contributed by atoms with Crippen LogP contribution in [0.3, 0.4) is 0 Å². The van der Waals surface area contributed by atoms with Gasteiger partial charge in [0.2, 0.25) is 0 Å². The molecule has 0 atom stereocenters. The normalized spacial score (nSPS) is 16.4. The van der Waals surface area contributed by atoms with E-state index >= 15 is 0 Å². The number of carboxylic acid groups (broad SMARTS) is 1.